The van der Waals surface area contributed by atoms with Crippen molar-refractivity contribution in [3.05, 3.63) is 113 Å². The molecule has 1 aliphatic heterocycles. The molecule has 0 atom stereocenters. The average Bonchev–Trinajstić information content (AvgIpc) is 2.90. The molecule has 7 nitrogen and oxygen atoms in total. The Morgan fingerprint density at radius 1 is 0.892 bits per heavy atom. The van der Waals surface area contributed by atoms with Crippen molar-refractivity contribution < 1.29 is 12.8 Å². The molecule has 0 bridgehead atoms. The molecule has 5 rings (SSSR count). The summed E-state index contributed by atoms with van der Waals surface area (Å²) >= 11 is 0. The molecule has 0 amide bonds. The van der Waals surface area contributed by atoms with Crippen molar-refractivity contribution >= 4 is 21.8 Å². The normalized spacial score (nSPS) is 13.6. The van der Waals surface area contributed by atoms with Crippen LogP contribution in [0.4, 0.5) is 16.2 Å². The molecule has 0 radical (unpaired) electrons. The van der Waals surface area contributed by atoms with Crippen LogP contribution in [0.5, 0.6) is 0 Å². The largest absolute Gasteiger partial charge is 0.354 e. The van der Waals surface area contributed by atoms with Crippen LogP contribution in [-0.2, 0) is 36.0 Å². The Balaban J connectivity index is 1.41. The van der Waals surface area contributed by atoms with E-state index in [0.29, 0.717) is 25.5 Å². The number of rotatable bonds is 9. The van der Waals surface area contributed by atoms with Gasteiger partial charge in [-0.15, -0.1) is 0 Å². The van der Waals surface area contributed by atoms with Gasteiger partial charge in [-0.3, -0.25) is 9.62 Å². The van der Waals surface area contributed by atoms with Gasteiger partial charge >= 0.3 is 0 Å². The van der Waals surface area contributed by atoms with Gasteiger partial charge in [-0.25, -0.2) is 17.8 Å². The molecule has 1 aliphatic rings. The summed E-state index contributed by atoms with van der Waals surface area (Å²) < 4.78 is 42.7. The van der Waals surface area contributed by atoms with Gasteiger partial charge in [0.2, 0.25) is 5.95 Å². The Labute approximate surface area is 216 Å². The van der Waals surface area contributed by atoms with Crippen LogP contribution in [0, 0.1) is 5.82 Å². The molecule has 190 valence electrons. The van der Waals surface area contributed by atoms with Crippen molar-refractivity contribution in [3.63, 3.8) is 0 Å². The van der Waals surface area contributed by atoms with E-state index in [2.05, 4.69) is 44.2 Å². The van der Waals surface area contributed by atoms with Gasteiger partial charge in [-0.1, -0.05) is 66.7 Å². The van der Waals surface area contributed by atoms with Crippen LogP contribution < -0.4 is 10.0 Å². The van der Waals surface area contributed by atoms with Gasteiger partial charge < -0.3 is 5.32 Å². The number of benzene rings is 3. The predicted molar refractivity (Wildman–Crippen MR) is 142 cm³/mol. The minimum absolute atomic E-state index is 0.157. The third kappa shape index (κ3) is 6.31. The maximum Gasteiger partial charge on any atom is 0.263 e. The third-order valence-electron chi connectivity index (χ3n) is 6.27. The molecular weight excluding hydrogens is 489 g/mol. The number of fused-ring (bicyclic) bond motifs is 1. The fourth-order valence-electron chi connectivity index (χ4n) is 4.39. The molecule has 0 fully saturated rings. The standard InChI is InChI=1S/C28H28FN5O2S/c29-23-12-7-13-24(18-23)37(35,36)33-27-25-20-34(19-22-10-5-2-6-11-22)17-15-26(25)31-28(32-27)30-16-14-21-8-3-1-4-9-21/h1-13,18H,14-17,19-20H2,(H2,30,31,32,33). The van der Waals surface area contributed by atoms with Crippen molar-refractivity contribution in [1.82, 2.24) is 14.9 Å². The zero-order chi connectivity index (χ0) is 25.7. The monoisotopic (exact) mass is 517 g/mol. The highest BCUT2D eigenvalue weighted by molar-refractivity contribution is 7.92. The number of hydrogen-bond acceptors (Lipinski definition) is 6. The van der Waals surface area contributed by atoms with Crippen LogP contribution in [0.3, 0.4) is 0 Å². The Bertz CT molecular complexity index is 1470. The van der Waals surface area contributed by atoms with Gasteiger partial charge in [0.05, 0.1) is 10.6 Å². The van der Waals surface area contributed by atoms with Crippen molar-refractivity contribution in [1.29, 1.82) is 0 Å². The van der Waals surface area contributed by atoms with E-state index in [9.17, 15) is 12.8 Å². The second kappa shape index (κ2) is 11.1. The maximum absolute atomic E-state index is 13.8. The van der Waals surface area contributed by atoms with Crippen molar-refractivity contribution in [2.45, 2.75) is 30.8 Å². The molecule has 0 saturated heterocycles. The summed E-state index contributed by atoms with van der Waals surface area (Å²) in [6.45, 7) is 2.61. The quantitative estimate of drug-likeness (QED) is 0.337. The highest BCUT2D eigenvalue weighted by Crippen LogP contribution is 2.28. The minimum atomic E-state index is -4.05. The predicted octanol–water partition coefficient (Wildman–Crippen LogP) is 4.63. The molecular formula is C28H28FN5O2S. The van der Waals surface area contributed by atoms with E-state index in [0.717, 1.165) is 36.8 Å². The second-order valence-corrected chi connectivity index (χ2v) is 10.7. The first-order valence-corrected chi connectivity index (χ1v) is 13.7. The zero-order valence-electron chi connectivity index (χ0n) is 20.3. The number of nitrogens with one attached hydrogen (secondary N) is 2. The molecule has 1 aromatic heterocycles. The number of halogens is 1. The number of hydrogen-bond donors (Lipinski definition) is 2. The van der Waals surface area contributed by atoms with E-state index in [-0.39, 0.29) is 10.7 Å². The van der Waals surface area contributed by atoms with E-state index < -0.39 is 15.8 Å². The first-order chi connectivity index (χ1) is 18.0. The fourth-order valence-corrected chi connectivity index (χ4v) is 5.46. The molecule has 2 N–H and O–H groups in total. The lowest BCUT2D eigenvalue weighted by Gasteiger charge is -2.29. The van der Waals surface area contributed by atoms with Gasteiger partial charge in [-0.05, 0) is 35.7 Å². The van der Waals surface area contributed by atoms with Gasteiger partial charge in [0, 0.05) is 38.2 Å². The van der Waals surface area contributed by atoms with E-state index in [1.807, 2.05) is 36.4 Å². The summed E-state index contributed by atoms with van der Waals surface area (Å²) in [5.41, 5.74) is 3.89. The molecule has 3 aromatic carbocycles. The topological polar surface area (TPSA) is 87.2 Å². The van der Waals surface area contributed by atoms with Gasteiger partial charge in [0.25, 0.3) is 10.0 Å². The van der Waals surface area contributed by atoms with Crippen LogP contribution >= 0.6 is 0 Å². The Kier molecular flexibility index (Phi) is 7.43. The molecule has 0 spiro atoms. The summed E-state index contributed by atoms with van der Waals surface area (Å²) in [5, 5.41) is 3.24. The average molecular weight is 518 g/mol. The number of aromatic nitrogens is 2. The highest BCUT2D eigenvalue weighted by Gasteiger charge is 2.26. The van der Waals surface area contributed by atoms with Gasteiger partial charge in [0.15, 0.2) is 0 Å². The summed E-state index contributed by atoms with van der Waals surface area (Å²) in [4.78, 5) is 11.4. The lowest BCUT2D eigenvalue weighted by Crippen LogP contribution is -2.32. The second-order valence-electron chi connectivity index (χ2n) is 8.99. The van der Waals surface area contributed by atoms with E-state index in [1.54, 1.807) is 0 Å². The van der Waals surface area contributed by atoms with Crippen molar-refractivity contribution in [2.24, 2.45) is 0 Å². The number of nitrogens with zero attached hydrogens (tertiary/aromatic N) is 3. The summed E-state index contributed by atoms with van der Waals surface area (Å²) in [7, 11) is -4.05. The molecule has 0 unspecified atom stereocenters. The van der Waals surface area contributed by atoms with Crippen molar-refractivity contribution in [2.75, 3.05) is 23.1 Å². The van der Waals surface area contributed by atoms with Crippen LogP contribution in [0.15, 0.2) is 89.8 Å². The first-order valence-electron chi connectivity index (χ1n) is 12.2. The summed E-state index contributed by atoms with van der Waals surface area (Å²) in [5.74, 6) is -0.0396. The number of anilines is 2. The molecule has 2 heterocycles. The van der Waals surface area contributed by atoms with Crippen LogP contribution in [-0.4, -0.2) is 36.4 Å². The van der Waals surface area contributed by atoms with E-state index >= 15 is 0 Å². The third-order valence-corrected chi connectivity index (χ3v) is 7.60. The molecule has 4 aromatic rings. The van der Waals surface area contributed by atoms with E-state index in [4.69, 9.17) is 4.98 Å². The summed E-state index contributed by atoms with van der Waals surface area (Å²) in [6.07, 6.45) is 1.43. The number of sulfonamides is 1. The van der Waals surface area contributed by atoms with Crippen molar-refractivity contribution in [3.8, 4) is 0 Å². The molecule has 0 aliphatic carbocycles. The molecule has 9 heteroatoms. The summed E-state index contributed by atoms with van der Waals surface area (Å²) in [6, 6.07) is 25.1. The molecule has 37 heavy (non-hydrogen) atoms. The van der Waals surface area contributed by atoms with Crippen LogP contribution in [0.2, 0.25) is 0 Å². The molecule has 0 saturated carbocycles. The maximum atomic E-state index is 13.8. The Morgan fingerprint density at radius 2 is 1.62 bits per heavy atom. The Hall–Kier alpha value is -3.82. The highest BCUT2D eigenvalue weighted by atomic mass is 32.2. The zero-order valence-corrected chi connectivity index (χ0v) is 21.1. The van der Waals surface area contributed by atoms with Gasteiger partial charge in [0.1, 0.15) is 11.6 Å². The first kappa shape index (κ1) is 24.9. The SMILES string of the molecule is O=S(=O)(Nc1nc(NCCc2ccccc2)nc2c1CN(Cc1ccccc1)CC2)c1cccc(F)c1. The van der Waals surface area contributed by atoms with Gasteiger partial charge in [-0.2, -0.15) is 4.98 Å². The van der Waals surface area contributed by atoms with E-state index in [1.165, 1.54) is 29.3 Å². The Morgan fingerprint density at radius 3 is 2.35 bits per heavy atom. The van der Waals surface area contributed by atoms with Crippen LogP contribution in [0.25, 0.3) is 0 Å². The lowest BCUT2D eigenvalue weighted by atomic mass is 10.1. The van der Waals surface area contributed by atoms with Crippen LogP contribution in [0.1, 0.15) is 22.4 Å². The smallest absolute Gasteiger partial charge is 0.263 e. The fraction of sp³-hybridized carbons (Fsp3) is 0.214. The minimum Gasteiger partial charge on any atom is -0.354 e. The lowest BCUT2D eigenvalue weighted by molar-refractivity contribution is 0.243.